The first kappa shape index (κ1) is 20.7. The van der Waals surface area contributed by atoms with E-state index in [1.54, 1.807) is 24.3 Å². The number of fused-ring (bicyclic) bond motifs is 1. The molecule has 2 heterocycles. The van der Waals surface area contributed by atoms with Crippen molar-refractivity contribution in [1.29, 1.82) is 0 Å². The van der Waals surface area contributed by atoms with Crippen LogP contribution in [0.15, 0.2) is 71.0 Å². The summed E-state index contributed by atoms with van der Waals surface area (Å²) in [6, 6.07) is 15.9. The summed E-state index contributed by atoms with van der Waals surface area (Å²) >= 11 is 0. The van der Waals surface area contributed by atoms with Crippen LogP contribution in [0.3, 0.4) is 0 Å². The molecule has 0 saturated heterocycles. The lowest BCUT2D eigenvalue weighted by molar-refractivity contribution is -0.130. The van der Waals surface area contributed by atoms with Crippen LogP contribution in [0.1, 0.15) is 22.8 Å². The van der Waals surface area contributed by atoms with Gasteiger partial charge in [-0.1, -0.05) is 54.6 Å². The number of H-pyrrole nitrogens is 1. The van der Waals surface area contributed by atoms with Gasteiger partial charge in [-0.3, -0.25) is 19.0 Å². The molecule has 3 aromatic rings. The van der Waals surface area contributed by atoms with Crippen LogP contribution in [0.4, 0.5) is 0 Å². The van der Waals surface area contributed by atoms with E-state index in [1.165, 1.54) is 25.1 Å². The van der Waals surface area contributed by atoms with E-state index < -0.39 is 17.3 Å². The Hall–Kier alpha value is -4.52. The van der Waals surface area contributed by atoms with Crippen LogP contribution in [0.5, 0.6) is 5.75 Å². The number of imidazole rings is 1. The van der Waals surface area contributed by atoms with Gasteiger partial charge in [-0.2, -0.15) is 0 Å². The van der Waals surface area contributed by atoms with Crippen LogP contribution < -0.4 is 21.1 Å². The van der Waals surface area contributed by atoms with Gasteiger partial charge in [-0.05, 0) is 30.7 Å². The first-order valence-corrected chi connectivity index (χ1v) is 9.78. The lowest BCUT2D eigenvalue weighted by Gasteiger charge is -2.16. The van der Waals surface area contributed by atoms with E-state index in [1.807, 2.05) is 36.4 Å². The molecule has 0 fully saturated rings. The number of para-hydroxylation sites is 1. The molecule has 7 heteroatoms. The maximum absolute atomic E-state index is 13.0. The number of aromatic amines is 1. The van der Waals surface area contributed by atoms with Gasteiger partial charge in [-0.25, -0.2) is 4.79 Å². The summed E-state index contributed by atoms with van der Waals surface area (Å²) in [7, 11) is 0. The van der Waals surface area contributed by atoms with Crippen LogP contribution in [0, 0.1) is 0 Å². The molecule has 0 aliphatic carbocycles. The van der Waals surface area contributed by atoms with Gasteiger partial charge in [0.15, 0.2) is 5.78 Å². The lowest BCUT2D eigenvalue weighted by Crippen LogP contribution is -2.31. The van der Waals surface area contributed by atoms with Crippen molar-refractivity contribution in [2.24, 2.45) is 0 Å². The van der Waals surface area contributed by atoms with E-state index >= 15 is 0 Å². The molecule has 0 saturated carbocycles. The monoisotopic (exact) mass is 426 g/mol. The highest BCUT2D eigenvalue weighted by molar-refractivity contribution is 6.29. The fourth-order valence-corrected chi connectivity index (χ4v) is 3.23. The molecule has 0 atom stereocenters. The topological polar surface area (TPSA) is 98.2 Å². The molecular formula is C25H18N2O5. The van der Waals surface area contributed by atoms with Gasteiger partial charge in [0.05, 0.1) is 5.56 Å². The Bertz CT molecular complexity index is 1470. The molecule has 0 amide bonds. The minimum atomic E-state index is -0.870. The Morgan fingerprint density at radius 2 is 1.72 bits per heavy atom. The number of benzene rings is 2. The molecule has 0 radical (unpaired) electrons. The maximum atomic E-state index is 13.0. The predicted octanol–water partition coefficient (Wildman–Crippen LogP) is 1.68. The van der Waals surface area contributed by atoms with Crippen LogP contribution in [-0.2, 0) is 9.59 Å². The molecule has 7 nitrogen and oxygen atoms in total. The van der Waals surface area contributed by atoms with Crippen molar-refractivity contribution < 1.29 is 19.1 Å². The number of rotatable bonds is 4. The van der Waals surface area contributed by atoms with Crippen LogP contribution >= 0.6 is 0 Å². The molecule has 1 aliphatic rings. The molecule has 2 aromatic carbocycles. The molecule has 1 N–H and O–H groups in total. The number of hydrogen-bond acceptors (Lipinski definition) is 5. The fourth-order valence-electron chi connectivity index (χ4n) is 3.23. The molecule has 1 aliphatic heterocycles. The lowest BCUT2D eigenvalue weighted by atomic mass is 10.0. The number of ether oxygens (including phenoxy) is 1. The second-order valence-corrected chi connectivity index (χ2v) is 7.05. The zero-order valence-corrected chi connectivity index (χ0v) is 17.1. The summed E-state index contributed by atoms with van der Waals surface area (Å²) < 4.78 is 6.28. The van der Waals surface area contributed by atoms with Crippen molar-refractivity contribution in [3.63, 3.8) is 0 Å². The normalized spacial score (nSPS) is 16.0. The molecule has 0 unspecified atom stereocenters. The third-order valence-electron chi connectivity index (χ3n) is 4.72. The second-order valence-electron chi connectivity index (χ2n) is 7.05. The van der Waals surface area contributed by atoms with Crippen molar-refractivity contribution in [3.8, 4) is 5.75 Å². The standard InChI is InChI=1S/C25H18N2O5/c1-16(28)14-22-26-20(12-7-10-17-8-3-2-4-9-17)24(30)27(22)15-19-23(29)18-11-5-6-13-21(18)32-25(19)31/h2-15,26H,1H3/b10-7-,19-15-,20-12+,22-14+. The van der Waals surface area contributed by atoms with Crippen molar-refractivity contribution >= 4 is 42.0 Å². The largest absolute Gasteiger partial charge is 0.422 e. The Kier molecular flexibility index (Phi) is 5.63. The number of aromatic nitrogens is 2. The van der Waals surface area contributed by atoms with Crippen LogP contribution in [0.25, 0.3) is 24.4 Å². The van der Waals surface area contributed by atoms with E-state index in [0.717, 1.165) is 16.3 Å². The van der Waals surface area contributed by atoms with Gasteiger partial charge in [-0.15, -0.1) is 0 Å². The van der Waals surface area contributed by atoms with Crippen molar-refractivity contribution in [1.82, 2.24) is 9.55 Å². The van der Waals surface area contributed by atoms with Gasteiger partial charge in [0, 0.05) is 12.3 Å². The summed E-state index contributed by atoms with van der Waals surface area (Å²) in [4.78, 5) is 52.8. The molecule has 4 rings (SSSR count). The minimum absolute atomic E-state index is 0.133. The number of nitrogens with one attached hydrogen (secondary N) is 1. The maximum Gasteiger partial charge on any atom is 0.349 e. The second kappa shape index (κ2) is 8.69. The van der Waals surface area contributed by atoms with Gasteiger partial charge >= 0.3 is 5.97 Å². The van der Waals surface area contributed by atoms with E-state index in [2.05, 4.69) is 4.98 Å². The van der Waals surface area contributed by atoms with Gasteiger partial charge < -0.3 is 9.72 Å². The van der Waals surface area contributed by atoms with E-state index in [0.29, 0.717) is 0 Å². The van der Waals surface area contributed by atoms with Gasteiger partial charge in [0.1, 0.15) is 22.2 Å². The Labute approximate surface area is 182 Å². The van der Waals surface area contributed by atoms with Crippen LogP contribution in [-0.4, -0.2) is 27.1 Å². The smallest absolute Gasteiger partial charge is 0.349 e. The number of carbonyl (C=O) groups excluding carboxylic acids is 3. The van der Waals surface area contributed by atoms with Crippen molar-refractivity contribution in [2.75, 3.05) is 0 Å². The molecule has 32 heavy (non-hydrogen) atoms. The Morgan fingerprint density at radius 1 is 1.00 bits per heavy atom. The van der Waals surface area contributed by atoms with Crippen molar-refractivity contribution in [2.45, 2.75) is 6.92 Å². The average molecular weight is 426 g/mol. The zero-order valence-electron chi connectivity index (χ0n) is 17.1. The number of ketones is 2. The third-order valence-corrected chi connectivity index (χ3v) is 4.72. The molecular weight excluding hydrogens is 408 g/mol. The quantitative estimate of drug-likeness (QED) is 0.296. The minimum Gasteiger partial charge on any atom is -0.422 e. The molecule has 0 bridgehead atoms. The highest BCUT2D eigenvalue weighted by Gasteiger charge is 2.30. The van der Waals surface area contributed by atoms with Gasteiger partial charge in [0.2, 0.25) is 5.78 Å². The van der Waals surface area contributed by atoms with Crippen LogP contribution in [0.2, 0.25) is 0 Å². The summed E-state index contributed by atoms with van der Waals surface area (Å²) in [6.07, 6.45) is 7.37. The zero-order chi connectivity index (χ0) is 22.7. The molecule has 1 aromatic heterocycles. The summed E-state index contributed by atoms with van der Waals surface area (Å²) in [5.41, 5.74) is 0.462. The van der Waals surface area contributed by atoms with E-state index in [9.17, 15) is 19.2 Å². The Morgan fingerprint density at radius 3 is 2.47 bits per heavy atom. The number of hydrogen-bond donors (Lipinski definition) is 1. The fraction of sp³-hybridized carbons (Fsp3) is 0.0400. The summed E-state index contributed by atoms with van der Waals surface area (Å²) in [6.45, 7) is 1.33. The number of nitrogens with zero attached hydrogens (tertiary/aromatic N) is 1. The predicted molar refractivity (Wildman–Crippen MR) is 120 cm³/mol. The SMILES string of the molecule is CC(=O)/C=c1\[nH]/c(=C/C=C\c2ccccc2)c(=O)n1/C=C1\C(=O)Oc2ccccc2C1=O. The molecule has 158 valence electrons. The highest BCUT2D eigenvalue weighted by Crippen LogP contribution is 2.27. The first-order valence-electron chi connectivity index (χ1n) is 9.78. The third kappa shape index (κ3) is 4.17. The summed E-state index contributed by atoms with van der Waals surface area (Å²) in [5.74, 6) is -1.58. The number of Topliss-reactive ketones (excluding diaryl/α,β-unsaturated/α-hetero) is 2. The highest BCUT2D eigenvalue weighted by atomic mass is 16.5. The first-order chi connectivity index (χ1) is 15.4. The van der Waals surface area contributed by atoms with E-state index in [4.69, 9.17) is 4.74 Å². The Balaban J connectivity index is 1.82. The van der Waals surface area contributed by atoms with Gasteiger partial charge in [0.25, 0.3) is 5.56 Å². The average Bonchev–Trinajstić information content (AvgIpc) is 3.05. The molecule has 0 spiro atoms. The number of allylic oxidation sites excluding steroid dienone is 1. The van der Waals surface area contributed by atoms with E-state index in [-0.39, 0.29) is 33.5 Å². The number of carbonyl (C=O) groups is 3. The van der Waals surface area contributed by atoms with Crippen molar-refractivity contribution in [3.05, 3.63) is 98.6 Å². The number of esters is 1. The summed E-state index contributed by atoms with van der Waals surface area (Å²) in [5, 5.41) is 0.179.